The second kappa shape index (κ2) is 5.07. The van der Waals surface area contributed by atoms with Crippen LogP contribution in [0.5, 0.6) is 5.75 Å². The van der Waals surface area contributed by atoms with E-state index < -0.39 is 0 Å². The number of ether oxygens (including phenoxy) is 1. The third-order valence-corrected chi connectivity index (χ3v) is 3.32. The zero-order valence-electron chi connectivity index (χ0n) is 9.74. The molecule has 0 spiro atoms. The van der Waals surface area contributed by atoms with Gasteiger partial charge in [-0.05, 0) is 50.9 Å². The first-order valence-electron chi connectivity index (χ1n) is 5.80. The van der Waals surface area contributed by atoms with E-state index in [0.717, 1.165) is 16.7 Å². The highest BCUT2D eigenvalue weighted by Crippen LogP contribution is 2.34. The number of hydrogen-bond acceptors (Lipinski definition) is 2. The van der Waals surface area contributed by atoms with Gasteiger partial charge in [0.1, 0.15) is 11.9 Å². The molecule has 1 saturated carbocycles. The maximum Gasteiger partial charge on any atom is 0.121 e. The van der Waals surface area contributed by atoms with Crippen molar-refractivity contribution < 1.29 is 4.74 Å². The smallest absolute Gasteiger partial charge is 0.121 e. The Morgan fingerprint density at radius 2 is 2.19 bits per heavy atom. The van der Waals surface area contributed by atoms with Crippen molar-refractivity contribution >= 4 is 11.6 Å². The lowest BCUT2D eigenvalue weighted by molar-refractivity contribution is 0.163. The summed E-state index contributed by atoms with van der Waals surface area (Å²) in [6.45, 7) is 2.11. The Balaban J connectivity index is 1.97. The predicted molar refractivity (Wildman–Crippen MR) is 67.1 cm³/mol. The quantitative estimate of drug-likeness (QED) is 0.853. The van der Waals surface area contributed by atoms with Crippen molar-refractivity contribution in [3.05, 3.63) is 29.3 Å². The molecule has 0 aromatic heterocycles. The Morgan fingerprint density at radius 3 is 2.75 bits per heavy atom. The third kappa shape index (κ3) is 2.89. The van der Waals surface area contributed by atoms with E-state index in [1.807, 2.05) is 31.3 Å². The second-order valence-corrected chi connectivity index (χ2v) is 4.87. The predicted octanol–water partition coefficient (Wildman–Crippen LogP) is 3.11. The summed E-state index contributed by atoms with van der Waals surface area (Å²) in [6.07, 6.45) is 2.81. The first-order valence-corrected chi connectivity index (χ1v) is 6.18. The summed E-state index contributed by atoms with van der Waals surface area (Å²) in [4.78, 5) is 0. The van der Waals surface area contributed by atoms with Gasteiger partial charge in [0.2, 0.25) is 0 Å². The fourth-order valence-corrected chi connectivity index (χ4v) is 2.32. The summed E-state index contributed by atoms with van der Waals surface area (Å²) >= 11 is 5.92. The van der Waals surface area contributed by atoms with Crippen LogP contribution in [0.25, 0.3) is 0 Å². The topological polar surface area (TPSA) is 21.3 Å². The van der Waals surface area contributed by atoms with Gasteiger partial charge in [0, 0.05) is 11.1 Å². The van der Waals surface area contributed by atoms with Crippen LogP contribution in [0.1, 0.15) is 19.8 Å². The van der Waals surface area contributed by atoms with Crippen molar-refractivity contribution in [3.63, 3.8) is 0 Å². The lowest BCUT2D eigenvalue weighted by Gasteiger charge is -2.24. The highest BCUT2D eigenvalue weighted by molar-refractivity contribution is 6.30. The van der Waals surface area contributed by atoms with Gasteiger partial charge in [-0.2, -0.15) is 0 Å². The van der Waals surface area contributed by atoms with Crippen LogP contribution in [0.15, 0.2) is 24.3 Å². The fraction of sp³-hybridized carbons (Fsp3) is 0.538. The molecular weight excluding hydrogens is 222 g/mol. The lowest BCUT2D eigenvalue weighted by atomic mass is 10.1. The molecule has 88 valence electrons. The minimum atomic E-state index is 0.177. The Labute approximate surface area is 102 Å². The molecule has 1 fully saturated rings. The van der Waals surface area contributed by atoms with Gasteiger partial charge in [0.25, 0.3) is 0 Å². The average Bonchev–Trinajstić information content (AvgIpc) is 3.03. The summed E-state index contributed by atoms with van der Waals surface area (Å²) in [6, 6.07) is 8.02. The van der Waals surface area contributed by atoms with E-state index in [1.54, 1.807) is 0 Å². The molecular formula is C13H18ClNO. The molecule has 2 rings (SSSR count). The fourth-order valence-electron chi connectivity index (χ4n) is 2.14. The van der Waals surface area contributed by atoms with Crippen molar-refractivity contribution in [2.45, 2.75) is 31.9 Å². The maximum atomic E-state index is 5.92. The molecule has 1 aliphatic rings. The zero-order valence-corrected chi connectivity index (χ0v) is 10.5. The molecule has 1 aliphatic carbocycles. The molecule has 0 aliphatic heterocycles. The number of nitrogens with one attached hydrogen (secondary N) is 1. The van der Waals surface area contributed by atoms with E-state index in [0.29, 0.717) is 6.04 Å². The second-order valence-electron chi connectivity index (χ2n) is 4.43. The molecule has 2 nitrogen and oxygen atoms in total. The minimum Gasteiger partial charge on any atom is -0.489 e. The SMILES string of the molecule is CNC(C1CC1)C(C)Oc1cccc(Cl)c1. The highest BCUT2D eigenvalue weighted by Gasteiger charge is 2.34. The third-order valence-electron chi connectivity index (χ3n) is 3.09. The van der Waals surface area contributed by atoms with Gasteiger partial charge in [-0.1, -0.05) is 17.7 Å². The van der Waals surface area contributed by atoms with E-state index in [2.05, 4.69) is 12.2 Å². The molecule has 2 unspecified atom stereocenters. The van der Waals surface area contributed by atoms with Crippen LogP contribution in [-0.4, -0.2) is 19.2 Å². The van der Waals surface area contributed by atoms with Crippen LogP contribution in [0.3, 0.4) is 0 Å². The summed E-state index contributed by atoms with van der Waals surface area (Å²) in [5, 5.41) is 4.06. The lowest BCUT2D eigenvalue weighted by Crippen LogP contribution is -2.41. The van der Waals surface area contributed by atoms with Gasteiger partial charge in [0.05, 0.1) is 0 Å². The molecule has 1 aromatic rings. The number of hydrogen-bond donors (Lipinski definition) is 1. The Kier molecular flexibility index (Phi) is 3.72. The first-order chi connectivity index (χ1) is 7.70. The normalized spacial score (nSPS) is 19.2. The van der Waals surface area contributed by atoms with E-state index >= 15 is 0 Å². The Morgan fingerprint density at radius 1 is 1.44 bits per heavy atom. The molecule has 0 bridgehead atoms. The van der Waals surface area contributed by atoms with Crippen LogP contribution < -0.4 is 10.1 Å². The molecule has 1 N–H and O–H groups in total. The molecule has 0 heterocycles. The van der Waals surface area contributed by atoms with Gasteiger partial charge in [-0.3, -0.25) is 0 Å². The zero-order chi connectivity index (χ0) is 11.5. The van der Waals surface area contributed by atoms with Crippen molar-refractivity contribution in [3.8, 4) is 5.75 Å². The van der Waals surface area contributed by atoms with Crippen LogP contribution in [0.2, 0.25) is 5.02 Å². The Bertz CT molecular complexity index is 352. The number of likely N-dealkylation sites (N-methyl/N-ethyl adjacent to an activating group) is 1. The highest BCUT2D eigenvalue weighted by atomic mass is 35.5. The first kappa shape index (κ1) is 11.7. The van der Waals surface area contributed by atoms with E-state index in [9.17, 15) is 0 Å². The standard InChI is InChI=1S/C13H18ClNO/c1-9(13(15-2)10-6-7-10)16-12-5-3-4-11(14)8-12/h3-5,8-10,13,15H,6-7H2,1-2H3. The maximum absolute atomic E-state index is 5.92. The van der Waals surface area contributed by atoms with Crippen LogP contribution in [-0.2, 0) is 0 Å². The Hall–Kier alpha value is -0.730. The molecule has 0 amide bonds. The molecule has 0 saturated heterocycles. The number of rotatable bonds is 5. The van der Waals surface area contributed by atoms with Crippen LogP contribution in [0.4, 0.5) is 0 Å². The van der Waals surface area contributed by atoms with Gasteiger partial charge in [-0.25, -0.2) is 0 Å². The summed E-state index contributed by atoms with van der Waals surface area (Å²) in [5.41, 5.74) is 0. The van der Waals surface area contributed by atoms with Crippen molar-refractivity contribution in [2.75, 3.05) is 7.05 Å². The van der Waals surface area contributed by atoms with Gasteiger partial charge < -0.3 is 10.1 Å². The molecule has 2 atom stereocenters. The average molecular weight is 240 g/mol. The van der Waals surface area contributed by atoms with Crippen molar-refractivity contribution in [2.24, 2.45) is 5.92 Å². The van der Waals surface area contributed by atoms with Gasteiger partial charge >= 0.3 is 0 Å². The monoisotopic (exact) mass is 239 g/mol. The van der Waals surface area contributed by atoms with Crippen LogP contribution >= 0.6 is 11.6 Å². The van der Waals surface area contributed by atoms with E-state index in [1.165, 1.54) is 12.8 Å². The number of benzene rings is 1. The summed E-state index contributed by atoms with van der Waals surface area (Å²) < 4.78 is 5.90. The van der Waals surface area contributed by atoms with Crippen molar-refractivity contribution in [1.82, 2.24) is 5.32 Å². The van der Waals surface area contributed by atoms with E-state index in [-0.39, 0.29) is 6.10 Å². The molecule has 1 aromatic carbocycles. The molecule has 3 heteroatoms. The number of halogens is 1. The van der Waals surface area contributed by atoms with Gasteiger partial charge in [-0.15, -0.1) is 0 Å². The molecule has 0 radical (unpaired) electrons. The summed E-state index contributed by atoms with van der Waals surface area (Å²) in [7, 11) is 2.00. The minimum absolute atomic E-state index is 0.177. The van der Waals surface area contributed by atoms with Crippen molar-refractivity contribution in [1.29, 1.82) is 0 Å². The summed E-state index contributed by atoms with van der Waals surface area (Å²) in [5.74, 6) is 1.63. The largest absolute Gasteiger partial charge is 0.489 e. The van der Waals surface area contributed by atoms with Crippen LogP contribution in [0, 0.1) is 5.92 Å². The van der Waals surface area contributed by atoms with Gasteiger partial charge in [0.15, 0.2) is 0 Å². The molecule has 16 heavy (non-hydrogen) atoms. The van der Waals surface area contributed by atoms with E-state index in [4.69, 9.17) is 16.3 Å².